The first-order valence-electron chi connectivity index (χ1n) is 4.77. The van der Waals surface area contributed by atoms with Gasteiger partial charge in [0.2, 0.25) is 11.2 Å². The molecule has 0 saturated heterocycles. The van der Waals surface area contributed by atoms with Crippen molar-refractivity contribution >= 4 is 15.8 Å². The van der Waals surface area contributed by atoms with Crippen molar-refractivity contribution in [2.24, 2.45) is 5.41 Å². The number of aliphatic hydroxyl groups is 1. The molecule has 1 aliphatic carbocycles. The van der Waals surface area contributed by atoms with Crippen LogP contribution < -0.4 is 9.95 Å². The van der Waals surface area contributed by atoms with Crippen molar-refractivity contribution in [1.82, 2.24) is 0 Å². The van der Waals surface area contributed by atoms with Gasteiger partial charge in [-0.2, -0.15) is 0 Å². The van der Waals surface area contributed by atoms with Crippen molar-refractivity contribution in [3.63, 3.8) is 0 Å². The molecule has 0 bridgehead atoms. The smallest absolute Gasteiger partial charge is 0.227 e. The Kier molecular flexibility index (Phi) is 2.82. The molecule has 0 amide bonds. The lowest BCUT2D eigenvalue weighted by Gasteiger charge is -2.16. The molecule has 0 radical (unpaired) electrons. The van der Waals surface area contributed by atoms with Gasteiger partial charge in [0.1, 0.15) is 12.4 Å². The Morgan fingerprint density at radius 2 is 2.31 bits per heavy atom. The molecule has 1 aromatic rings. The quantitative estimate of drug-likeness (QED) is 0.624. The monoisotopic (exact) mass is 242 g/mol. The van der Waals surface area contributed by atoms with Gasteiger partial charge < -0.3 is 18.8 Å². The molecule has 16 heavy (non-hydrogen) atoms. The first kappa shape index (κ1) is 11.3. The highest BCUT2D eigenvalue weighted by Crippen LogP contribution is 2.54. The summed E-state index contributed by atoms with van der Waals surface area (Å²) in [7, 11) is 1.92. The average Bonchev–Trinajstić information content (AvgIpc) is 3.08. The van der Waals surface area contributed by atoms with Crippen molar-refractivity contribution in [3.05, 3.63) is 28.3 Å². The van der Waals surface area contributed by atoms with Gasteiger partial charge in [0.25, 0.3) is 0 Å². The molecule has 1 aromatic heterocycles. The lowest BCUT2D eigenvalue weighted by molar-refractivity contribution is -0.116. The fourth-order valence-corrected chi connectivity index (χ4v) is 1.82. The highest BCUT2D eigenvalue weighted by atomic mass is 31.0. The van der Waals surface area contributed by atoms with Gasteiger partial charge in [0, 0.05) is 6.07 Å². The van der Waals surface area contributed by atoms with Crippen LogP contribution in [-0.4, -0.2) is 11.4 Å². The summed E-state index contributed by atoms with van der Waals surface area (Å²) < 4.78 is 9.87. The third kappa shape index (κ3) is 1.66. The van der Waals surface area contributed by atoms with Crippen molar-refractivity contribution in [3.8, 4) is 5.75 Å². The second-order valence-corrected chi connectivity index (χ2v) is 4.09. The van der Waals surface area contributed by atoms with Crippen LogP contribution in [0.5, 0.6) is 5.75 Å². The van der Waals surface area contributed by atoms with Gasteiger partial charge in [-0.05, 0) is 12.8 Å². The number of aliphatic hydroxyl groups excluding tert-OH is 1. The van der Waals surface area contributed by atoms with E-state index in [0.29, 0.717) is 19.1 Å². The van der Waals surface area contributed by atoms with Crippen molar-refractivity contribution in [2.75, 3.05) is 0 Å². The van der Waals surface area contributed by atoms with E-state index in [1.54, 1.807) is 0 Å². The minimum atomic E-state index is -1.13. The molecule has 1 heterocycles. The number of hydrogen-bond acceptors (Lipinski definition) is 5. The van der Waals surface area contributed by atoms with E-state index >= 15 is 0 Å². The van der Waals surface area contributed by atoms with Gasteiger partial charge in [-0.1, -0.05) is 0 Å². The van der Waals surface area contributed by atoms with Crippen LogP contribution in [0.2, 0.25) is 0 Å². The predicted molar refractivity (Wildman–Crippen MR) is 58.0 cm³/mol. The molecule has 0 aromatic carbocycles. The normalized spacial score (nSPS) is 18.9. The van der Waals surface area contributed by atoms with Crippen LogP contribution in [0.4, 0.5) is 0 Å². The summed E-state index contributed by atoms with van der Waals surface area (Å²) in [4.78, 5) is 22.3. The average molecular weight is 242 g/mol. The van der Waals surface area contributed by atoms with Gasteiger partial charge >= 0.3 is 0 Å². The van der Waals surface area contributed by atoms with E-state index in [9.17, 15) is 14.7 Å². The molecule has 6 heteroatoms. The number of rotatable bonds is 4. The molecule has 2 rings (SSSR count). The van der Waals surface area contributed by atoms with Crippen LogP contribution in [0.25, 0.3) is 0 Å². The Hall–Kier alpha value is -1.19. The molecule has 2 atom stereocenters. The lowest BCUT2D eigenvalue weighted by Crippen LogP contribution is -2.18. The number of carbonyl (C=O) groups is 1. The van der Waals surface area contributed by atoms with E-state index in [0.717, 1.165) is 0 Å². The predicted octanol–water partition coefficient (Wildman–Crippen LogP) is 0.821. The molecule has 1 fully saturated rings. The van der Waals surface area contributed by atoms with Crippen LogP contribution >= 0.6 is 9.47 Å². The van der Waals surface area contributed by atoms with Crippen LogP contribution in [0.3, 0.4) is 0 Å². The Labute approximate surface area is 93.7 Å². The second-order valence-electron chi connectivity index (χ2n) is 3.85. The van der Waals surface area contributed by atoms with Crippen LogP contribution in [0.1, 0.15) is 24.7 Å². The maximum Gasteiger partial charge on any atom is 0.227 e. The summed E-state index contributed by atoms with van der Waals surface area (Å²) in [5.41, 5.74) is -1.20. The van der Waals surface area contributed by atoms with E-state index in [1.807, 2.05) is 9.47 Å². The number of carbonyl (C=O) groups excluding carboxylic acids is 1. The highest BCUT2D eigenvalue weighted by Gasteiger charge is 2.51. The molecule has 1 N–H and O–H groups in total. The van der Waals surface area contributed by atoms with Crippen LogP contribution in [-0.2, 0) is 4.79 Å². The van der Waals surface area contributed by atoms with Gasteiger partial charge in [-0.3, -0.25) is 4.79 Å². The Balaban J connectivity index is 2.44. The lowest BCUT2D eigenvalue weighted by atomic mass is 9.98. The minimum absolute atomic E-state index is 0.00657. The summed E-state index contributed by atoms with van der Waals surface area (Å²) >= 11 is 0. The van der Waals surface area contributed by atoms with Gasteiger partial charge in [0.15, 0.2) is 5.76 Å². The molecule has 86 valence electrons. The fourth-order valence-electron chi connectivity index (χ4n) is 1.59. The molecule has 1 aliphatic rings. The van der Waals surface area contributed by atoms with E-state index < -0.39 is 16.9 Å². The van der Waals surface area contributed by atoms with E-state index in [2.05, 4.69) is 0 Å². The summed E-state index contributed by atoms with van der Waals surface area (Å²) in [5, 5.41) is 9.99. The molecule has 1 saturated carbocycles. The Bertz CT molecular complexity index is 463. The van der Waals surface area contributed by atoms with Crippen molar-refractivity contribution in [2.45, 2.75) is 18.9 Å². The molecular formula is C10H11O5P. The van der Waals surface area contributed by atoms with Gasteiger partial charge in [-0.25, -0.2) is 0 Å². The SMILES string of the molecule is O=CC1(C(O)c2occc(=O)c2OP)CC1. The van der Waals surface area contributed by atoms with Crippen LogP contribution in [0.15, 0.2) is 21.5 Å². The molecular weight excluding hydrogens is 231 g/mol. The van der Waals surface area contributed by atoms with E-state index in [4.69, 9.17) is 8.94 Å². The van der Waals surface area contributed by atoms with Gasteiger partial charge in [0.05, 0.1) is 21.1 Å². The first-order valence-corrected chi connectivity index (χ1v) is 5.24. The zero-order chi connectivity index (χ0) is 11.8. The summed E-state index contributed by atoms with van der Waals surface area (Å²) in [6, 6.07) is 1.19. The standard InChI is InChI=1S/C10H11O5P/c11-5-10(2-3-10)9(13)8-7(15-16)6(12)1-4-14-8/h1,4-5,9,13H,2-3,16H2. The summed E-state index contributed by atoms with van der Waals surface area (Å²) in [6.45, 7) is 0. The van der Waals surface area contributed by atoms with E-state index in [1.165, 1.54) is 12.3 Å². The largest absolute Gasteiger partial charge is 0.473 e. The number of hydrogen-bond donors (Lipinski definition) is 1. The molecule has 2 unspecified atom stereocenters. The Morgan fingerprint density at radius 1 is 1.62 bits per heavy atom. The molecule has 5 nitrogen and oxygen atoms in total. The summed E-state index contributed by atoms with van der Waals surface area (Å²) in [5.74, 6) is -0.0692. The van der Waals surface area contributed by atoms with Crippen LogP contribution in [0, 0.1) is 5.41 Å². The maximum absolute atomic E-state index is 11.4. The molecule has 0 spiro atoms. The first-order chi connectivity index (χ1) is 7.64. The third-order valence-electron chi connectivity index (χ3n) is 2.83. The molecule has 0 aliphatic heterocycles. The van der Waals surface area contributed by atoms with Crippen molar-refractivity contribution < 1.29 is 18.8 Å². The Morgan fingerprint density at radius 3 is 2.81 bits per heavy atom. The zero-order valence-corrected chi connectivity index (χ0v) is 9.54. The fraction of sp³-hybridized carbons (Fsp3) is 0.400. The highest BCUT2D eigenvalue weighted by molar-refractivity contribution is 7.10. The summed E-state index contributed by atoms with van der Waals surface area (Å²) in [6.07, 6.45) is 1.93. The third-order valence-corrected chi connectivity index (χ3v) is 3.07. The van der Waals surface area contributed by atoms with E-state index in [-0.39, 0.29) is 11.5 Å². The topological polar surface area (TPSA) is 76.7 Å². The second kappa shape index (κ2) is 4.00. The maximum atomic E-state index is 11.4. The van der Waals surface area contributed by atoms with Crippen molar-refractivity contribution in [1.29, 1.82) is 0 Å². The van der Waals surface area contributed by atoms with Gasteiger partial charge in [-0.15, -0.1) is 0 Å². The number of aldehydes is 1. The minimum Gasteiger partial charge on any atom is -0.473 e. The zero-order valence-electron chi connectivity index (χ0n) is 8.38.